The highest BCUT2D eigenvalue weighted by Gasteiger charge is 2.46. The number of hydrogen-bond donors (Lipinski definition) is 3. The van der Waals surface area contributed by atoms with Gasteiger partial charge in [-0.15, -0.1) is 0 Å². The Kier molecular flexibility index (Phi) is 5.80. The van der Waals surface area contributed by atoms with Crippen molar-refractivity contribution in [1.29, 1.82) is 0 Å². The molecule has 3 N–H and O–H groups in total. The van der Waals surface area contributed by atoms with Crippen molar-refractivity contribution in [2.45, 2.75) is 5.60 Å². The molecule has 0 aliphatic carbocycles. The van der Waals surface area contributed by atoms with Gasteiger partial charge in [0.25, 0.3) is 0 Å². The van der Waals surface area contributed by atoms with Crippen LogP contribution in [0.15, 0.2) is 42.5 Å². The summed E-state index contributed by atoms with van der Waals surface area (Å²) in [6, 6.07) is 9.21. The molecule has 0 aromatic heterocycles. The number of aliphatic hydroxyl groups is 1. The Morgan fingerprint density at radius 2 is 1.43 bits per heavy atom. The number of hydrogen-bond acceptors (Lipinski definition) is 7. The molecule has 0 aliphatic rings. The fourth-order valence-corrected chi connectivity index (χ4v) is 2.83. The minimum atomic E-state index is -2.60. The fourth-order valence-electron chi connectivity index (χ4n) is 2.83. The molecule has 0 radical (unpaired) electrons. The molecule has 2 aromatic carbocycles. The number of benzene rings is 2. The zero-order valence-corrected chi connectivity index (χ0v) is 14.8. The highest BCUT2D eigenvalue weighted by molar-refractivity contribution is 6.11. The number of methoxy groups -OCH3 is 2. The summed E-state index contributed by atoms with van der Waals surface area (Å²) in [5.74, 6) is -5.81. The quantitative estimate of drug-likeness (QED) is 0.622. The molecule has 0 saturated heterocycles. The van der Waals surface area contributed by atoms with E-state index in [2.05, 4.69) is 9.47 Å². The molecule has 9 heteroatoms. The van der Waals surface area contributed by atoms with Crippen molar-refractivity contribution in [2.75, 3.05) is 14.2 Å². The van der Waals surface area contributed by atoms with Crippen molar-refractivity contribution in [3.63, 3.8) is 0 Å². The molecule has 0 saturated carbocycles. The average Bonchev–Trinajstić information content (AvgIpc) is 2.71. The summed E-state index contributed by atoms with van der Waals surface area (Å²) in [6.45, 7) is 0. The van der Waals surface area contributed by atoms with Crippen molar-refractivity contribution in [1.82, 2.24) is 0 Å². The van der Waals surface area contributed by atoms with Crippen molar-refractivity contribution < 1.29 is 44.0 Å². The highest BCUT2D eigenvalue weighted by Crippen LogP contribution is 2.36. The minimum absolute atomic E-state index is 0.0218. The topological polar surface area (TPSA) is 147 Å². The summed E-state index contributed by atoms with van der Waals surface area (Å²) in [5, 5.41) is 30.1. The Bertz CT molecular complexity index is 949. The predicted molar refractivity (Wildman–Crippen MR) is 93.2 cm³/mol. The molecule has 0 fully saturated rings. The van der Waals surface area contributed by atoms with E-state index in [0.717, 1.165) is 26.4 Å². The van der Waals surface area contributed by atoms with Gasteiger partial charge in [0, 0.05) is 5.56 Å². The number of carbonyl (C=O) groups is 4. The lowest BCUT2D eigenvalue weighted by Gasteiger charge is -2.28. The fraction of sp³-hybridized carbons (Fsp3) is 0.158. The molecule has 1 unspecified atom stereocenters. The van der Waals surface area contributed by atoms with Crippen LogP contribution < -0.4 is 0 Å². The maximum atomic E-state index is 12.5. The monoisotopic (exact) mass is 388 g/mol. The Balaban J connectivity index is 3.02. The summed E-state index contributed by atoms with van der Waals surface area (Å²) in [4.78, 5) is 48.1. The van der Waals surface area contributed by atoms with Crippen molar-refractivity contribution >= 4 is 23.9 Å². The van der Waals surface area contributed by atoms with Gasteiger partial charge in [-0.05, 0) is 11.6 Å². The molecule has 146 valence electrons. The lowest BCUT2D eigenvalue weighted by atomic mass is 9.81. The zero-order valence-electron chi connectivity index (χ0n) is 14.8. The van der Waals surface area contributed by atoms with Crippen LogP contribution in [0.25, 0.3) is 0 Å². The van der Waals surface area contributed by atoms with Crippen LogP contribution in [0.2, 0.25) is 0 Å². The molecule has 0 heterocycles. The third kappa shape index (κ3) is 3.30. The normalized spacial score (nSPS) is 12.5. The number of esters is 2. The van der Waals surface area contributed by atoms with Crippen LogP contribution in [0.3, 0.4) is 0 Å². The van der Waals surface area contributed by atoms with Gasteiger partial charge in [0.15, 0.2) is 0 Å². The van der Waals surface area contributed by atoms with Crippen LogP contribution >= 0.6 is 0 Å². The largest absolute Gasteiger partial charge is 0.478 e. The summed E-state index contributed by atoms with van der Waals surface area (Å²) >= 11 is 0. The number of carbonyl (C=O) groups excluding carboxylic acids is 2. The van der Waals surface area contributed by atoms with Crippen molar-refractivity contribution in [3.05, 3.63) is 70.3 Å². The van der Waals surface area contributed by atoms with Gasteiger partial charge in [0.2, 0.25) is 5.60 Å². The smallest absolute Gasteiger partial charge is 0.347 e. The third-order valence-corrected chi connectivity index (χ3v) is 4.10. The number of carboxylic acid groups (broad SMARTS) is 2. The molecule has 28 heavy (non-hydrogen) atoms. The number of aromatic carboxylic acids is 2. The summed E-state index contributed by atoms with van der Waals surface area (Å²) in [5.41, 5.74) is -5.51. The second-order valence-corrected chi connectivity index (χ2v) is 5.58. The molecule has 0 amide bonds. The van der Waals surface area contributed by atoms with Gasteiger partial charge < -0.3 is 24.8 Å². The summed E-state index contributed by atoms with van der Waals surface area (Å²) < 4.78 is 9.25. The first-order chi connectivity index (χ1) is 13.2. The van der Waals surface area contributed by atoms with Crippen LogP contribution in [-0.2, 0) is 19.9 Å². The van der Waals surface area contributed by atoms with E-state index in [-0.39, 0.29) is 5.56 Å². The van der Waals surface area contributed by atoms with Crippen LogP contribution in [0, 0.1) is 0 Å². The molecule has 0 spiro atoms. The number of ether oxygens (including phenoxy) is 2. The predicted octanol–water partition coefficient (Wildman–Crippen LogP) is 1.28. The minimum Gasteiger partial charge on any atom is -0.478 e. The lowest BCUT2D eigenvalue weighted by molar-refractivity contribution is -0.159. The molecule has 0 bridgehead atoms. The Labute approximate surface area is 158 Å². The van der Waals surface area contributed by atoms with Gasteiger partial charge in [-0.3, -0.25) is 0 Å². The molecule has 0 aliphatic heterocycles. The first-order valence-corrected chi connectivity index (χ1v) is 7.78. The van der Waals surface area contributed by atoms with Gasteiger partial charge in [-0.1, -0.05) is 36.4 Å². The van der Waals surface area contributed by atoms with Crippen molar-refractivity contribution in [3.8, 4) is 0 Å². The first kappa shape index (κ1) is 20.6. The maximum absolute atomic E-state index is 12.5. The van der Waals surface area contributed by atoms with Gasteiger partial charge in [-0.2, -0.15) is 0 Å². The van der Waals surface area contributed by atoms with E-state index < -0.39 is 51.7 Å². The van der Waals surface area contributed by atoms with Crippen LogP contribution in [0.5, 0.6) is 0 Å². The molecule has 2 aromatic rings. The Morgan fingerprint density at radius 1 is 0.821 bits per heavy atom. The average molecular weight is 388 g/mol. The second kappa shape index (κ2) is 7.89. The Morgan fingerprint density at radius 3 is 1.89 bits per heavy atom. The van der Waals surface area contributed by atoms with Crippen molar-refractivity contribution in [2.24, 2.45) is 0 Å². The summed E-state index contributed by atoms with van der Waals surface area (Å²) in [6.07, 6.45) is 0. The molecular weight excluding hydrogens is 372 g/mol. The van der Waals surface area contributed by atoms with Gasteiger partial charge >= 0.3 is 23.9 Å². The summed E-state index contributed by atoms with van der Waals surface area (Å²) in [7, 11) is 1.95. The maximum Gasteiger partial charge on any atom is 0.347 e. The Hall–Kier alpha value is -3.72. The van der Waals surface area contributed by atoms with Crippen LogP contribution in [0.4, 0.5) is 0 Å². The lowest BCUT2D eigenvalue weighted by Crippen LogP contribution is -2.40. The van der Waals surface area contributed by atoms with E-state index in [9.17, 15) is 34.5 Å². The molecular formula is C19H16O9. The van der Waals surface area contributed by atoms with Crippen LogP contribution in [-0.4, -0.2) is 53.4 Å². The molecule has 9 nitrogen and oxygen atoms in total. The first-order valence-electron chi connectivity index (χ1n) is 7.78. The second-order valence-electron chi connectivity index (χ2n) is 5.58. The van der Waals surface area contributed by atoms with Gasteiger partial charge in [-0.25, -0.2) is 19.2 Å². The highest BCUT2D eigenvalue weighted by atomic mass is 16.5. The molecule has 2 rings (SSSR count). The van der Waals surface area contributed by atoms with E-state index in [1.165, 1.54) is 24.3 Å². The third-order valence-electron chi connectivity index (χ3n) is 4.10. The van der Waals surface area contributed by atoms with E-state index in [0.29, 0.717) is 0 Å². The van der Waals surface area contributed by atoms with E-state index in [1.54, 1.807) is 6.07 Å². The van der Waals surface area contributed by atoms with Gasteiger partial charge in [0.1, 0.15) is 0 Å². The standard InChI is InChI=1S/C19H16O9/c1-27-17(24)14-12(9-8-11(15(20)21)13(14)16(22)23)19(26,18(25)28-2)10-6-4-3-5-7-10/h3-9,26H,1-2H3,(H,20,21)(H,22,23). The van der Waals surface area contributed by atoms with Crippen LogP contribution in [0.1, 0.15) is 42.2 Å². The van der Waals surface area contributed by atoms with E-state index in [1.807, 2.05) is 0 Å². The van der Waals surface area contributed by atoms with Gasteiger partial charge in [0.05, 0.1) is 30.9 Å². The number of carboxylic acids is 2. The SMILES string of the molecule is COC(=O)c1c(C(O)(C(=O)OC)c2ccccc2)ccc(C(=O)O)c1C(=O)O. The number of rotatable bonds is 6. The zero-order chi connectivity index (χ0) is 21.1. The van der Waals surface area contributed by atoms with E-state index >= 15 is 0 Å². The molecule has 1 atom stereocenters. The van der Waals surface area contributed by atoms with E-state index in [4.69, 9.17) is 0 Å².